The van der Waals surface area contributed by atoms with Gasteiger partial charge >= 0.3 is 0 Å². The number of aliphatic hydroxyl groups excluding tert-OH is 4. The molecule has 1 saturated heterocycles. The average Bonchev–Trinajstić information content (AvgIpc) is 2.71. The number of hydrogen-bond donors (Lipinski definition) is 5. The summed E-state index contributed by atoms with van der Waals surface area (Å²) in [6.07, 6.45) is -2.62. The van der Waals surface area contributed by atoms with E-state index in [4.69, 9.17) is 4.74 Å². The highest BCUT2D eigenvalue weighted by molar-refractivity contribution is 8.00. The van der Waals surface area contributed by atoms with Gasteiger partial charge in [0.15, 0.2) is 5.44 Å². The fourth-order valence-corrected chi connectivity index (χ4v) is 4.46. The minimum atomic E-state index is -1.43. The van der Waals surface area contributed by atoms with Gasteiger partial charge in [-0.05, 0) is 29.7 Å². The highest BCUT2D eigenvalue weighted by atomic mass is 32.2. The number of aliphatic hydroxyl groups is 4. The zero-order valence-electron chi connectivity index (χ0n) is 15.6. The van der Waals surface area contributed by atoms with Gasteiger partial charge in [0.2, 0.25) is 0 Å². The number of aromatic hydroxyl groups is 1. The van der Waals surface area contributed by atoms with E-state index in [0.29, 0.717) is 17.7 Å². The smallest absolute Gasteiger partial charge is 0.173 e. The van der Waals surface area contributed by atoms with Crippen molar-refractivity contribution in [3.63, 3.8) is 0 Å². The van der Waals surface area contributed by atoms with Gasteiger partial charge in [-0.15, -0.1) is 11.8 Å². The average molecular weight is 407 g/mol. The quantitative estimate of drug-likeness (QED) is 0.494. The van der Waals surface area contributed by atoms with Crippen LogP contribution >= 0.6 is 11.8 Å². The Hall–Kier alpha value is -1.77. The first-order valence-corrected chi connectivity index (χ1v) is 10.2. The van der Waals surface area contributed by atoms with Crippen molar-refractivity contribution >= 4 is 11.8 Å². The highest BCUT2D eigenvalue weighted by Gasteiger charge is 2.44. The van der Waals surface area contributed by atoms with E-state index < -0.39 is 29.0 Å². The van der Waals surface area contributed by atoms with E-state index >= 15 is 0 Å². The predicted octanol–water partition coefficient (Wildman–Crippen LogP) is 1.44. The summed E-state index contributed by atoms with van der Waals surface area (Å²) >= 11 is 1.06. The van der Waals surface area contributed by atoms with Crippen LogP contribution in [-0.4, -0.2) is 61.1 Å². The van der Waals surface area contributed by atoms with E-state index in [2.05, 4.69) is 6.92 Å². The molecule has 1 aliphatic rings. The molecular formula is C21H26O6S. The number of benzene rings is 2. The molecule has 1 heterocycles. The maximum atomic E-state index is 10.4. The number of ether oxygens (including phenoxy) is 1. The number of phenolic OH excluding ortho intramolecular Hbond substituents is 1. The van der Waals surface area contributed by atoms with Crippen LogP contribution in [0.1, 0.15) is 23.6 Å². The van der Waals surface area contributed by atoms with Crippen LogP contribution in [0.4, 0.5) is 0 Å². The molecule has 5 atom stereocenters. The standard InChI is InChI=1S/C21H26O6S/c1-2-12-6-8-13(9-7-12)10-14-15(23)4-3-5-16(14)27-21-20(26)19(25)18(24)17(11-22)28-21/h3-9,17-26H,2,10-11H2,1H3/t17-,18+,19-,20+,21-/m0/s1. The van der Waals surface area contributed by atoms with E-state index in [1.165, 1.54) is 5.56 Å². The van der Waals surface area contributed by atoms with E-state index in [-0.39, 0.29) is 12.4 Å². The number of thioether (sulfide) groups is 1. The largest absolute Gasteiger partial charge is 0.508 e. The topological polar surface area (TPSA) is 110 Å². The third-order valence-corrected chi connectivity index (χ3v) is 6.43. The maximum Gasteiger partial charge on any atom is 0.173 e. The second-order valence-corrected chi connectivity index (χ2v) is 8.26. The maximum absolute atomic E-state index is 10.4. The summed E-state index contributed by atoms with van der Waals surface area (Å²) in [5.41, 5.74) is 1.91. The molecule has 0 spiro atoms. The molecule has 0 saturated carbocycles. The zero-order valence-corrected chi connectivity index (χ0v) is 16.4. The van der Waals surface area contributed by atoms with Crippen LogP contribution in [0.5, 0.6) is 11.5 Å². The van der Waals surface area contributed by atoms with E-state index in [1.807, 2.05) is 24.3 Å². The summed E-state index contributed by atoms with van der Waals surface area (Å²) in [5, 5.41) is 49.4. The molecule has 5 N–H and O–H groups in total. The third-order valence-electron chi connectivity index (χ3n) is 5.01. The van der Waals surface area contributed by atoms with Crippen molar-refractivity contribution in [1.82, 2.24) is 0 Å². The summed E-state index contributed by atoms with van der Waals surface area (Å²) < 4.78 is 5.92. The Morgan fingerprint density at radius 1 is 0.929 bits per heavy atom. The van der Waals surface area contributed by atoms with Gasteiger partial charge < -0.3 is 30.3 Å². The molecule has 1 fully saturated rings. The van der Waals surface area contributed by atoms with Gasteiger partial charge in [0.05, 0.1) is 18.0 Å². The fourth-order valence-electron chi connectivity index (χ4n) is 3.23. The third kappa shape index (κ3) is 4.45. The molecule has 2 aromatic rings. The molecule has 6 nitrogen and oxygen atoms in total. The highest BCUT2D eigenvalue weighted by Crippen LogP contribution is 2.37. The van der Waals surface area contributed by atoms with Gasteiger partial charge in [-0.25, -0.2) is 0 Å². The summed E-state index contributed by atoms with van der Waals surface area (Å²) in [7, 11) is 0. The lowest BCUT2D eigenvalue weighted by molar-refractivity contribution is -0.0910. The lowest BCUT2D eigenvalue weighted by Gasteiger charge is -2.39. The summed E-state index contributed by atoms with van der Waals surface area (Å²) in [4.78, 5) is 0. The van der Waals surface area contributed by atoms with E-state index in [1.54, 1.807) is 18.2 Å². The second kappa shape index (κ2) is 9.15. The molecule has 3 rings (SSSR count). The Labute approximate surface area is 168 Å². The summed E-state index contributed by atoms with van der Waals surface area (Å²) in [6.45, 7) is 1.73. The molecular weight excluding hydrogens is 380 g/mol. The Balaban J connectivity index is 1.83. The van der Waals surface area contributed by atoms with Gasteiger partial charge in [-0.1, -0.05) is 37.3 Å². The van der Waals surface area contributed by atoms with Crippen molar-refractivity contribution in [2.24, 2.45) is 0 Å². The van der Waals surface area contributed by atoms with Gasteiger partial charge in [-0.3, -0.25) is 0 Å². The molecule has 0 bridgehead atoms. The number of aryl methyl sites for hydroxylation is 1. The monoisotopic (exact) mass is 406 g/mol. The molecule has 0 aromatic heterocycles. The fraction of sp³-hybridized carbons (Fsp3) is 0.429. The molecule has 1 aliphatic heterocycles. The first-order valence-electron chi connectivity index (χ1n) is 9.30. The Kier molecular flexibility index (Phi) is 6.85. The predicted molar refractivity (Wildman–Crippen MR) is 108 cm³/mol. The van der Waals surface area contributed by atoms with Crippen LogP contribution < -0.4 is 4.74 Å². The Morgan fingerprint density at radius 2 is 1.61 bits per heavy atom. The molecule has 0 radical (unpaired) electrons. The van der Waals surface area contributed by atoms with E-state index in [9.17, 15) is 25.5 Å². The van der Waals surface area contributed by atoms with E-state index in [0.717, 1.165) is 23.7 Å². The lowest BCUT2D eigenvalue weighted by atomic mass is 10.0. The van der Waals surface area contributed by atoms with Crippen molar-refractivity contribution in [2.45, 2.75) is 48.8 Å². The van der Waals surface area contributed by atoms with Crippen LogP contribution in [-0.2, 0) is 12.8 Å². The minimum absolute atomic E-state index is 0.0756. The van der Waals surface area contributed by atoms with Gasteiger partial charge in [0, 0.05) is 12.0 Å². The van der Waals surface area contributed by atoms with Gasteiger partial charge in [0.1, 0.15) is 23.7 Å². The summed E-state index contributed by atoms with van der Waals surface area (Å²) in [6, 6.07) is 13.0. The van der Waals surface area contributed by atoms with Crippen LogP contribution in [0, 0.1) is 0 Å². The lowest BCUT2D eigenvalue weighted by Crippen LogP contribution is -2.55. The van der Waals surface area contributed by atoms with Crippen molar-refractivity contribution in [1.29, 1.82) is 0 Å². The SMILES string of the molecule is CCc1ccc(Cc2c(O)cccc2O[C@H]2S[C@@H](CO)[C@@H](O)[C@H](O)[C@H]2O)cc1. The van der Waals surface area contributed by atoms with Crippen molar-refractivity contribution < 1.29 is 30.3 Å². The molecule has 152 valence electrons. The van der Waals surface area contributed by atoms with Crippen molar-refractivity contribution in [3.8, 4) is 11.5 Å². The molecule has 0 aliphatic carbocycles. The molecule has 0 unspecified atom stereocenters. The number of phenols is 1. The minimum Gasteiger partial charge on any atom is -0.508 e. The first-order chi connectivity index (χ1) is 13.4. The molecule has 0 amide bonds. The van der Waals surface area contributed by atoms with Crippen LogP contribution in [0.25, 0.3) is 0 Å². The Morgan fingerprint density at radius 3 is 2.25 bits per heavy atom. The molecule has 7 heteroatoms. The number of rotatable bonds is 6. The summed E-state index contributed by atoms with van der Waals surface area (Å²) in [5.74, 6) is 0.461. The van der Waals surface area contributed by atoms with Crippen LogP contribution in [0.2, 0.25) is 0 Å². The second-order valence-electron chi connectivity index (χ2n) is 6.92. The molecule has 2 aromatic carbocycles. The molecule has 28 heavy (non-hydrogen) atoms. The van der Waals surface area contributed by atoms with Crippen molar-refractivity contribution in [3.05, 3.63) is 59.2 Å². The van der Waals surface area contributed by atoms with Gasteiger partial charge in [-0.2, -0.15) is 0 Å². The number of hydrogen-bond acceptors (Lipinski definition) is 7. The first kappa shape index (κ1) is 21.0. The van der Waals surface area contributed by atoms with Crippen molar-refractivity contribution in [2.75, 3.05) is 6.61 Å². The van der Waals surface area contributed by atoms with Crippen LogP contribution in [0.15, 0.2) is 42.5 Å². The Bertz CT molecular complexity index is 779. The van der Waals surface area contributed by atoms with Crippen LogP contribution in [0.3, 0.4) is 0 Å². The zero-order chi connectivity index (χ0) is 20.3. The van der Waals surface area contributed by atoms with Gasteiger partial charge in [0.25, 0.3) is 0 Å². The normalized spacial score (nSPS) is 27.5.